The van der Waals surface area contributed by atoms with Crippen LogP contribution >= 0.6 is 11.6 Å². The molecule has 0 unspecified atom stereocenters. The molecule has 10 heteroatoms. The maximum atomic E-state index is 6.04. The molecule has 28 heavy (non-hydrogen) atoms. The zero-order valence-corrected chi connectivity index (χ0v) is 15.9. The predicted octanol–water partition coefficient (Wildman–Crippen LogP) is 2.42. The third-order valence-corrected chi connectivity index (χ3v) is 3.86. The predicted molar refractivity (Wildman–Crippen MR) is 106 cm³/mol. The van der Waals surface area contributed by atoms with Crippen LogP contribution in [0.5, 0.6) is 5.75 Å². The van der Waals surface area contributed by atoms with Crippen molar-refractivity contribution in [3.63, 3.8) is 0 Å². The molecule has 2 heterocycles. The van der Waals surface area contributed by atoms with Crippen molar-refractivity contribution < 1.29 is 14.2 Å². The summed E-state index contributed by atoms with van der Waals surface area (Å²) in [7, 11) is 1.60. The van der Waals surface area contributed by atoms with E-state index < -0.39 is 0 Å². The molecular formula is C18H19ClN6O3. The minimum Gasteiger partial charge on any atom is -0.467 e. The minimum absolute atomic E-state index is 0.0461. The van der Waals surface area contributed by atoms with Crippen LogP contribution in [0.2, 0.25) is 5.15 Å². The normalized spacial score (nSPS) is 10.8. The van der Waals surface area contributed by atoms with E-state index in [1.54, 1.807) is 31.5 Å². The number of aromatic nitrogens is 4. The van der Waals surface area contributed by atoms with Crippen molar-refractivity contribution in [1.29, 1.82) is 0 Å². The number of ether oxygens (including phenoxy) is 3. The van der Waals surface area contributed by atoms with Gasteiger partial charge in [-0.25, -0.2) is 19.9 Å². The van der Waals surface area contributed by atoms with E-state index in [2.05, 4.69) is 19.9 Å². The van der Waals surface area contributed by atoms with Gasteiger partial charge in [-0.1, -0.05) is 11.6 Å². The van der Waals surface area contributed by atoms with Crippen LogP contribution in [0.1, 0.15) is 0 Å². The first-order valence-corrected chi connectivity index (χ1v) is 8.67. The fraction of sp³-hybridized carbons (Fsp3) is 0.222. The lowest BCUT2D eigenvalue weighted by Crippen LogP contribution is -2.08. The van der Waals surface area contributed by atoms with Crippen LogP contribution in [0.15, 0.2) is 36.5 Å². The Morgan fingerprint density at radius 1 is 0.964 bits per heavy atom. The van der Waals surface area contributed by atoms with E-state index in [4.69, 9.17) is 37.3 Å². The van der Waals surface area contributed by atoms with Gasteiger partial charge in [0, 0.05) is 30.5 Å². The molecule has 3 rings (SSSR count). The van der Waals surface area contributed by atoms with Crippen LogP contribution < -0.4 is 16.2 Å². The van der Waals surface area contributed by atoms with E-state index in [0.29, 0.717) is 35.9 Å². The smallest absolute Gasteiger partial charge is 0.221 e. The SMILES string of the molecule is COCCOCOc1ccc(-c2ccnc(N)n2)cc1-c1cc(Cl)nc(N)n1. The number of nitrogens with zero attached hydrogens (tertiary/aromatic N) is 4. The molecule has 0 aliphatic heterocycles. The van der Waals surface area contributed by atoms with Crippen molar-refractivity contribution in [3.8, 4) is 28.3 Å². The number of anilines is 2. The number of benzene rings is 1. The summed E-state index contributed by atoms with van der Waals surface area (Å²) in [4.78, 5) is 16.3. The Balaban J connectivity index is 1.97. The van der Waals surface area contributed by atoms with Crippen molar-refractivity contribution in [2.45, 2.75) is 0 Å². The highest BCUT2D eigenvalue weighted by molar-refractivity contribution is 6.29. The highest BCUT2D eigenvalue weighted by Crippen LogP contribution is 2.34. The number of methoxy groups -OCH3 is 1. The van der Waals surface area contributed by atoms with Crippen LogP contribution in [-0.4, -0.2) is 47.1 Å². The van der Waals surface area contributed by atoms with Gasteiger partial charge in [-0.2, -0.15) is 0 Å². The molecule has 0 radical (unpaired) electrons. The fourth-order valence-electron chi connectivity index (χ4n) is 2.43. The molecule has 0 amide bonds. The number of hydrogen-bond donors (Lipinski definition) is 2. The molecule has 0 fully saturated rings. The molecule has 0 aliphatic carbocycles. The van der Waals surface area contributed by atoms with Crippen LogP contribution in [0.4, 0.5) is 11.9 Å². The summed E-state index contributed by atoms with van der Waals surface area (Å²) in [5.41, 5.74) is 14.1. The molecule has 3 aromatic rings. The highest BCUT2D eigenvalue weighted by atomic mass is 35.5. The Bertz CT molecular complexity index is 936. The molecule has 0 bridgehead atoms. The van der Waals surface area contributed by atoms with Crippen molar-refractivity contribution in [2.24, 2.45) is 0 Å². The topological polar surface area (TPSA) is 131 Å². The van der Waals surface area contributed by atoms with Crippen molar-refractivity contribution in [2.75, 3.05) is 38.6 Å². The molecule has 0 saturated carbocycles. The first-order chi connectivity index (χ1) is 13.6. The average Bonchev–Trinajstić information content (AvgIpc) is 2.67. The summed E-state index contributed by atoms with van der Waals surface area (Å²) < 4.78 is 16.1. The molecule has 0 atom stereocenters. The number of nitrogen functional groups attached to an aromatic ring is 2. The monoisotopic (exact) mass is 402 g/mol. The second-order valence-electron chi connectivity index (χ2n) is 5.61. The lowest BCUT2D eigenvalue weighted by molar-refractivity contribution is -0.00822. The second-order valence-corrected chi connectivity index (χ2v) is 6.00. The van der Waals surface area contributed by atoms with E-state index in [1.165, 1.54) is 0 Å². The molecule has 0 saturated heterocycles. The summed E-state index contributed by atoms with van der Waals surface area (Å²) in [6.07, 6.45) is 1.59. The van der Waals surface area contributed by atoms with E-state index in [1.807, 2.05) is 12.1 Å². The van der Waals surface area contributed by atoms with Gasteiger partial charge in [0.2, 0.25) is 11.9 Å². The number of nitrogens with two attached hydrogens (primary N) is 2. The number of rotatable bonds is 8. The summed E-state index contributed by atoms with van der Waals surface area (Å²) in [5, 5.41) is 0.224. The molecule has 2 aromatic heterocycles. The Labute approximate surface area is 166 Å². The zero-order chi connectivity index (χ0) is 19.9. The van der Waals surface area contributed by atoms with Crippen molar-refractivity contribution >= 4 is 23.5 Å². The minimum atomic E-state index is 0.0461. The van der Waals surface area contributed by atoms with Gasteiger partial charge >= 0.3 is 0 Å². The second kappa shape index (κ2) is 9.27. The summed E-state index contributed by atoms with van der Waals surface area (Å²) in [6, 6.07) is 8.84. The summed E-state index contributed by atoms with van der Waals surface area (Å²) in [5.74, 6) is 0.777. The van der Waals surface area contributed by atoms with E-state index >= 15 is 0 Å². The van der Waals surface area contributed by atoms with Gasteiger partial charge in [0.25, 0.3) is 0 Å². The first-order valence-electron chi connectivity index (χ1n) is 8.29. The Hall–Kier alpha value is -3.01. The standard InChI is InChI=1S/C18H19ClN6O3/c1-26-6-7-27-10-28-15-3-2-11(13-4-5-22-17(20)23-13)8-12(15)14-9-16(19)25-18(21)24-14/h2-5,8-9H,6-7,10H2,1H3,(H2,20,22,23)(H2,21,24,25). The number of halogens is 1. The van der Waals surface area contributed by atoms with Crippen LogP contribution in [-0.2, 0) is 9.47 Å². The Morgan fingerprint density at radius 3 is 2.54 bits per heavy atom. The number of hydrogen-bond acceptors (Lipinski definition) is 9. The first kappa shape index (κ1) is 19.7. The van der Waals surface area contributed by atoms with Gasteiger partial charge in [-0.05, 0) is 24.3 Å². The van der Waals surface area contributed by atoms with Crippen molar-refractivity contribution in [1.82, 2.24) is 19.9 Å². The largest absolute Gasteiger partial charge is 0.467 e. The van der Waals surface area contributed by atoms with Gasteiger partial charge in [0.1, 0.15) is 10.9 Å². The maximum absolute atomic E-state index is 6.04. The summed E-state index contributed by atoms with van der Waals surface area (Å²) >= 11 is 6.04. The summed E-state index contributed by atoms with van der Waals surface area (Å²) in [6.45, 7) is 0.934. The van der Waals surface area contributed by atoms with Crippen LogP contribution in [0, 0.1) is 0 Å². The fourth-order valence-corrected chi connectivity index (χ4v) is 2.62. The third kappa shape index (κ3) is 5.03. The van der Waals surface area contributed by atoms with Crippen LogP contribution in [0.3, 0.4) is 0 Å². The van der Waals surface area contributed by atoms with E-state index in [9.17, 15) is 0 Å². The Morgan fingerprint density at radius 2 is 1.79 bits per heavy atom. The lowest BCUT2D eigenvalue weighted by atomic mass is 10.0. The molecule has 4 N–H and O–H groups in total. The van der Waals surface area contributed by atoms with Crippen LogP contribution in [0.25, 0.3) is 22.5 Å². The third-order valence-electron chi connectivity index (χ3n) is 3.67. The van der Waals surface area contributed by atoms with Gasteiger partial charge in [0.05, 0.1) is 24.6 Å². The molecule has 0 spiro atoms. The molecule has 0 aliphatic rings. The average molecular weight is 403 g/mol. The van der Waals surface area contributed by atoms with E-state index in [0.717, 1.165) is 5.56 Å². The molecule has 146 valence electrons. The lowest BCUT2D eigenvalue weighted by Gasteiger charge is -2.13. The zero-order valence-electron chi connectivity index (χ0n) is 15.1. The van der Waals surface area contributed by atoms with Gasteiger partial charge < -0.3 is 25.7 Å². The molecular weight excluding hydrogens is 384 g/mol. The van der Waals surface area contributed by atoms with E-state index in [-0.39, 0.29) is 23.8 Å². The van der Waals surface area contributed by atoms with Gasteiger partial charge in [-0.3, -0.25) is 0 Å². The quantitative estimate of drug-likeness (QED) is 0.331. The molecule has 9 nitrogen and oxygen atoms in total. The van der Waals surface area contributed by atoms with Gasteiger partial charge in [0.15, 0.2) is 6.79 Å². The maximum Gasteiger partial charge on any atom is 0.221 e. The highest BCUT2D eigenvalue weighted by Gasteiger charge is 2.13. The Kier molecular flexibility index (Phi) is 6.53. The molecule has 1 aromatic carbocycles. The van der Waals surface area contributed by atoms with Gasteiger partial charge in [-0.15, -0.1) is 0 Å². The van der Waals surface area contributed by atoms with Crippen molar-refractivity contribution in [3.05, 3.63) is 41.7 Å².